The summed E-state index contributed by atoms with van der Waals surface area (Å²) >= 11 is 0. The van der Waals surface area contributed by atoms with Gasteiger partial charge in [0.1, 0.15) is 11.5 Å². The fraction of sp³-hybridized carbons (Fsp3) is 0.250. The molecule has 0 aliphatic heterocycles. The zero-order valence-electron chi connectivity index (χ0n) is 11.0. The number of aryl methyl sites for hydroxylation is 1. The molecule has 2 rings (SSSR count). The third-order valence-corrected chi connectivity index (χ3v) is 2.76. The summed E-state index contributed by atoms with van der Waals surface area (Å²) in [5.41, 5.74) is 2.10. The second-order valence-electron chi connectivity index (χ2n) is 4.49. The summed E-state index contributed by atoms with van der Waals surface area (Å²) in [6, 6.07) is 11.6. The van der Waals surface area contributed by atoms with E-state index in [-0.39, 0.29) is 5.78 Å². The zero-order chi connectivity index (χ0) is 13.5. The van der Waals surface area contributed by atoms with Crippen molar-refractivity contribution in [3.05, 3.63) is 59.9 Å². The number of carbonyl (C=O) groups excluding carboxylic acids is 1. The van der Waals surface area contributed by atoms with Crippen molar-refractivity contribution in [3.8, 4) is 5.75 Å². The van der Waals surface area contributed by atoms with E-state index in [2.05, 4.69) is 4.98 Å². The lowest BCUT2D eigenvalue weighted by atomic mass is 10.1. The van der Waals surface area contributed by atoms with Crippen LogP contribution in [0.15, 0.2) is 48.8 Å². The Morgan fingerprint density at radius 1 is 1.26 bits per heavy atom. The number of hydrogen-bond donors (Lipinski definition) is 0. The molecule has 1 aromatic heterocycles. The Kier molecular flexibility index (Phi) is 4.67. The summed E-state index contributed by atoms with van der Waals surface area (Å²) in [6.45, 7) is 2.43. The average Bonchev–Trinajstić information content (AvgIpc) is 2.40. The Morgan fingerprint density at radius 2 is 2.16 bits per heavy atom. The molecule has 0 amide bonds. The molecule has 0 fully saturated rings. The molecule has 3 nitrogen and oxygen atoms in total. The van der Waals surface area contributed by atoms with Crippen molar-refractivity contribution in [2.45, 2.75) is 19.8 Å². The van der Waals surface area contributed by atoms with Gasteiger partial charge < -0.3 is 4.74 Å². The smallest absolute Gasteiger partial charge is 0.140 e. The van der Waals surface area contributed by atoms with Crippen molar-refractivity contribution in [2.24, 2.45) is 0 Å². The van der Waals surface area contributed by atoms with E-state index in [0.29, 0.717) is 19.4 Å². The number of ether oxygens (including phenoxy) is 1. The van der Waals surface area contributed by atoms with E-state index < -0.39 is 0 Å². The molecule has 0 aliphatic rings. The first-order valence-corrected chi connectivity index (χ1v) is 6.34. The molecule has 0 spiro atoms. The molecule has 0 unspecified atom stereocenters. The van der Waals surface area contributed by atoms with E-state index in [4.69, 9.17) is 4.74 Å². The Hall–Kier alpha value is -2.16. The summed E-state index contributed by atoms with van der Waals surface area (Å²) in [6.07, 6.45) is 4.27. The van der Waals surface area contributed by atoms with Gasteiger partial charge in [-0.25, -0.2) is 0 Å². The third-order valence-electron chi connectivity index (χ3n) is 2.76. The van der Waals surface area contributed by atoms with Crippen LogP contribution in [0.2, 0.25) is 0 Å². The number of aromatic nitrogens is 1. The maximum Gasteiger partial charge on any atom is 0.140 e. The molecular weight excluding hydrogens is 238 g/mol. The number of carbonyl (C=O) groups is 1. The first kappa shape index (κ1) is 13.3. The Labute approximate surface area is 113 Å². The monoisotopic (exact) mass is 255 g/mol. The van der Waals surface area contributed by atoms with Gasteiger partial charge in [-0.1, -0.05) is 18.2 Å². The van der Waals surface area contributed by atoms with E-state index >= 15 is 0 Å². The molecule has 2 aromatic rings. The number of ketones is 1. The summed E-state index contributed by atoms with van der Waals surface area (Å²) in [7, 11) is 0. The maximum atomic E-state index is 11.8. The number of Topliss-reactive ketones (excluding diaryl/α,β-unsaturated/α-hetero) is 1. The summed E-state index contributed by atoms with van der Waals surface area (Å²) in [4.78, 5) is 15.8. The summed E-state index contributed by atoms with van der Waals surface area (Å²) in [5, 5.41) is 0. The van der Waals surface area contributed by atoms with Crippen LogP contribution >= 0.6 is 0 Å². The molecule has 0 aliphatic carbocycles. The van der Waals surface area contributed by atoms with Crippen LogP contribution in [0.3, 0.4) is 0 Å². The normalized spacial score (nSPS) is 10.2. The lowest BCUT2D eigenvalue weighted by molar-refractivity contribution is -0.118. The summed E-state index contributed by atoms with van der Waals surface area (Å²) in [5.74, 6) is 0.981. The SMILES string of the molecule is Cc1cccc(OCCC(=O)Cc2cccnc2)c1. The lowest BCUT2D eigenvalue weighted by Gasteiger charge is -2.06. The van der Waals surface area contributed by atoms with Crippen molar-refractivity contribution >= 4 is 5.78 Å². The minimum absolute atomic E-state index is 0.167. The molecule has 19 heavy (non-hydrogen) atoms. The van der Waals surface area contributed by atoms with E-state index in [1.54, 1.807) is 12.4 Å². The van der Waals surface area contributed by atoms with Crippen LogP contribution in [0.4, 0.5) is 0 Å². The molecule has 1 aromatic carbocycles. The van der Waals surface area contributed by atoms with Crippen LogP contribution in [0.25, 0.3) is 0 Å². The van der Waals surface area contributed by atoms with E-state index in [1.807, 2.05) is 43.3 Å². The van der Waals surface area contributed by atoms with Crippen LogP contribution < -0.4 is 4.74 Å². The van der Waals surface area contributed by atoms with Gasteiger partial charge in [0.2, 0.25) is 0 Å². The number of nitrogens with zero attached hydrogens (tertiary/aromatic N) is 1. The average molecular weight is 255 g/mol. The molecule has 0 bridgehead atoms. The van der Waals surface area contributed by atoms with E-state index in [9.17, 15) is 4.79 Å². The van der Waals surface area contributed by atoms with Crippen molar-refractivity contribution in [3.63, 3.8) is 0 Å². The highest BCUT2D eigenvalue weighted by molar-refractivity contribution is 5.80. The van der Waals surface area contributed by atoms with Gasteiger partial charge >= 0.3 is 0 Å². The predicted octanol–water partition coefficient (Wildman–Crippen LogP) is 2.97. The second kappa shape index (κ2) is 6.69. The van der Waals surface area contributed by atoms with Gasteiger partial charge in [0.15, 0.2) is 0 Å². The first-order chi connectivity index (χ1) is 9.24. The quantitative estimate of drug-likeness (QED) is 0.796. The highest BCUT2D eigenvalue weighted by Gasteiger charge is 2.04. The molecule has 0 saturated heterocycles. The fourth-order valence-corrected chi connectivity index (χ4v) is 1.81. The van der Waals surface area contributed by atoms with Crippen molar-refractivity contribution in [1.82, 2.24) is 4.98 Å². The van der Waals surface area contributed by atoms with Gasteiger partial charge in [-0.15, -0.1) is 0 Å². The highest BCUT2D eigenvalue weighted by Crippen LogP contribution is 2.12. The van der Waals surface area contributed by atoms with Crippen LogP contribution in [0.5, 0.6) is 5.75 Å². The third kappa shape index (κ3) is 4.54. The highest BCUT2D eigenvalue weighted by atomic mass is 16.5. The molecular formula is C16H17NO2. The largest absolute Gasteiger partial charge is 0.493 e. The molecule has 0 radical (unpaired) electrons. The standard InChI is InChI=1S/C16H17NO2/c1-13-4-2-6-16(10-13)19-9-7-15(18)11-14-5-3-8-17-12-14/h2-6,8,10,12H,7,9,11H2,1H3. The van der Waals surface area contributed by atoms with Crippen LogP contribution in [0, 0.1) is 6.92 Å². The number of rotatable bonds is 6. The first-order valence-electron chi connectivity index (χ1n) is 6.34. The second-order valence-corrected chi connectivity index (χ2v) is 4.49. The van der Waals surface area contributed by atoms with Gasteiger partial charge in [0, 0.05) is 25.2 Å². The number of pyridine rings is 1. The van der Waals surface area contributed by atoms with Gasteiger partial charge in [-0.3, -0.25) is 9.78 Å². The van der Waals surface area contributed by atoms with Crippen molar-refractivity contribution in [1.29, 1.82) is 0 Å². The Morgan fingerprint density at radius 3 is 2.89 bits per heavy atom. The lowest BCUT2D eigenvalue weighted by Crippen LogP contribution is -2.09. The van der Waals surface area contributed by atoms with Crippen LogP contribution in [-0.2, 0) is 11.2 Å². The van der Waals surface area contributed by atoms with E-state index in [1.165, 1.54) is 0 Å². The van der Waals surface area contributed by atoms with E-state index in [0.717, 1.165) is 16.9 Å². The van der Waals surface area contributed by atoms with Gasteiger partial charge in [-0.05, 0) is 36.2 Å². The maximum absolute atomic E-state index is 11.8. The molecule has 0 N–H and O–H groups in total. The zero-order valence-corrected chi connectivity index (χ0v) is 11.0. The molecule has 3 heteroatoms. The van der Waals surface area contributed by atoms with Crippen LogP contribution in [-0.4, -0.2) is 17.4 Å². The topological polar surface area (TPSA) is 39.2 Å². The molecule has 98 valence electrons. The minimum Gasteiger partial charge on any atom is -0.493 e. The number of hydrogen-bond acceptors (Lipinski definition) is 3. The van der Waals surface area contributed by atoms with Crippen molar-refractivity contribution in [2.75, 3.05) is 6.61 Å². The fourth-order valence-electron chi connectivity index (χ4n) is 1.81. The summed E-state index contributed by atoms with van der Waals surface area (Å²) < 4.78 is 5.56. The van der Waals surface area contributed by atoms with Gasteiger partial charge in [0.25, 0.3) is 0 Å². The van der Waals surface area contributed by atoms with Crippen LogP contribution in [0.1, 0.15) is 17.5 Å². The molecule has 0 saturated carbocycles. The van der Waals surface area contributed by atoms with Gasteiger partial charge in [-0.2, -0.15) is 0 Å². The Bertz CT molecular complexity index is 537. The van der Waals surface area contributed by atoms with Crippen molar-refractivity contribution < 1.29 is 9.53 Å². The minimum atomic E-state index is 0.167. The Balaban J connectivity index is 1.75. The van der Waals surface area contributed by atoms with Gasteiger partial charge in [0.05, 0.1) is 6.61 Å². The number of benzene rings is 1. The predicted molar refractivity (Wildman–Crippen MR) is 74.2 cm³/mol. The molecule has 0 atom stereocenters. The molecule has 1 heterocycles.